The van der Waals surface area contributed by atoms with Crippen LogP contribution < -0.4 is 0 Å². The van der Waals surface area contributed by atoms with E-state index >= 15 is 0 Å². The molecule has 0 unspecified atom stereocenters. The summed E-state index contributed by atoms with van der Waals surface area (Å²) in [4.78, 5) is 17.6. The zero-order chi connectivity index (χ0) is 9.42. The summed E-state index contributed by atoms with van der Waals surface area (Å²) in [5.41, 5.74) is 1.06. The van der Waals surface area contributed by atoms with E-state index in [1.54, 1.807) is 0 Å². The number of hydrogen-bond donors (Lipinski definition) is 0. The standard InChI is InChI=1S/C9H14N2O2/c1-6(2)9-8-7(4-13-10-8)3-11(9)5-12/h5-7,9H,3-4H2,1-2H3/t7-,9+/m1/s1. The highest BCUT2D eigenvalue weighted by atomic mass is 16.6. The maximum atomic E-state index is 10.8. The topological polar surface area (TPSA) is 41.9 Å². The molecule has 0 radical (unpaired) electrons. The molecule has 2 heterocycles. The van der Waals surface area contributed by atoms with Gasteiger partial charge in [0.1, 0.15) is 6.61 Å². The van der Waals surface area contributed by atoms with Gasteiger partial charge < -0.3 is 9.74 Å². The summed E-state index contributed by atoms with van der Waals surface area (Å²) < 4.78 is 0. The Hall–Kier alpha value is -1.06. The molecule has 2 aliphatic rings. The van der Waals surface area contributed by atoms with Crippen LogP contribution in [-0.2, 0) is 9.63 Å². The van der Waals surface area contributed by atoms with Crippen LogP contribution in [0.25, 0.3) is 0 Å². The van der Waals surface area contributed by atoms with E-state index < -0.39 is 0 Å². The van der Waals surface area contributed by atoms with E-state index in [1.807, 2.05) is 4.90 Å². The van der Waals surface area contributed by atoms with Crippen LogP contribution in [0, 0.1) is 11.8 Å². The average molecular weight is 182 g/mol. The van der Waals surface area contributed by atoms with Crippen molar-refractivity contribution >= 4 is 12.1 Å². The number of fused-ring (bicyclic) bond motifs is 1. The zero-order valence-electron chi connectivity index (χ0n) is 7.93. The Balaban J connectivity index is 2.24. The number of likely N-dealkylation sites (tertiary alicyclic amines) is 1. The van der Waals surface area contributed by atoms with Gasteiger partial charge in [-0.25, -0.2) is 0 Å². The van der Waals surface area contributed by atoms with Crippen LogP contribution in [0.1, 0.15) is 13.8 Å². The van der Waals surface area contributed by atoms with Gasteiger partial charge in [-0.3, -0.25) is 4.79 Å². The highest BCUT2D eigenvalue weighted by Gasteiger charge is 2.42. The van der Waals surface area contributed by atoms with Crippen molar-refractivity contribution in [1.82, 2.24) is 4.90 Å². The molecule has 1 fully saturated rings. The fourth-order valence-corrected chi connectivity index (χ4v) is 2.17. The molecule has 0 aromatic heterocycles. The van der Waals surface area contributed by atoms with Crippen molar-refractivity contribution in [3.8, 4) is 0 Å². The molecular formula is C9H14N2O2. The van der Waals surface area contributed by atoms with Crippen molar-refractivity contribution in [2.45, 2.75) is 19.9 Å². The SMILES string of the molecule is CC(C)[C@H]1C2=NOC[C@H]2CN1C=O. The van der Waals surface area contributed by atoms with Crippen LogP contribution in [0.15, 0.2) is 5.16 Å². The maximum Gasteiger partial charge on any atom is 0.210 e. The molecule has 1 saturated heterocycles. The molecular weight excluding hydrogens is 168 g/mol. The molecule has 4 nitrogen and oxygen atoms in total. The Morgan fingerprint density at radius 2 is 2.46 bits per heavy atom. The highest BCUT2D eigenvalue weighted by Crippen LogP contribution is 2.28. The number of rotatable bonds is 2. The Morgan fingerprint density at radius 1 is 1.69 bits per heavy atom. The molecule has 0 aromatic carbocycles. The molecule has 0 N–H and O–H groups in total. The molecule has 0 spiro atoms. The third-order valence-electron chi connectivity index (χ3n) is 2.72. The lowest BCUT2D eigenvalue weighted by molar-refractivity contribution is -0.119. The van der Waals surface area contributed by atoms with E-state index in [4.69, 9.17) is 4.84 Å². The minimum atomic E-state index is 0.157. The average Bonchev–Trinajstić information content (AvgIpc) is 2.59. The van der Waals surface area contributed by atoms with Crippen LogP contribution in [0.2, 0.25) is 0 Å². The van der Waals surface area contributed by atoms with Crippen molar-refractivity contribution in [3.05, 3.63) is 0 Å². The molecule has 0 bridgehead atoms. The summed E-state index contributed by atoms with van der Waals surface area (Å²) in [6.45, 7) is 5.61. The van der Waals surface area contributed by atoms with E-state index in [-0.39, 0.29) is 6.04 Å². The summed E-state index contributed by atoms with van der Waals surface area (Å²) >= 11 is 0. The van der Waals surface area contributed by atoms with Gasteiger partial charge in [-0.05, 0) is 5.92 Å². The summed E-state index contributed by atoms with van der Waals surface area (Å²) in [6.07, 6.45) is 0.922. The molecule has 2 rings (SSSR count). The Morgan fingerprint density at radius 3 is 3.08 bits per heavy atom. The Labute approximate surface area is 77.5 Å². The number of carbonyl (C=O) groups is 1. The van der Waals surface area contributed by atoms with Gasteiger partial charge >= 0.3 is 0 Å². The molecule has 2 atom stereocenters. The minimum Gasteiger partial charge on any atom is -0.395 e. The van der Waals surface area contributed by atoms with Crippen LogP contribution in [0.5, 0.6) is 0 Å². The molecule has 13 heavy (non-hydrogen) atoms. The van der Waals surface area contributed by atoms with Gasteiger partial charge in [-0.2, -0.15) is 0 Å². The van der Waals surface area contributed by atoms with Gasteiger partial charge in [0, 0.05) is 6.54 Å². The largest absolute Gasteiger partial charge is 0.395 e. The molecule has 0 aromatic rings. The predicted molar refractivity (Wildman–Crippen MR) is 48.3 cm³/mol. The lowest BCUT2D eigenvalue weighted by Crippen LogP contribution is -2.36. The van der Waals surface area contributed by atoms with E-state index in [0.717, 1.165) is 18.7 Å². The summed E-state index contributed by atoms with van der Waals surface area (Å²) in [5, 5.41) is 4.01. The molecule has 0 aliphatic carbocycles. The minimum absolute atomic E-state index is 0.157. The lowest BCUT2D eigenvalue weighted by atomic mass is 9.96. The van der Waals surface area contributed by atoms with Crippen molar-refractivity contribution < 1.29 is 9.63 Å². The van der Waals surface area contributed by atoms with E-state index in [0.29, 0.717) is 18.4 Å². The van der Waals surface area contributed by atoms with Crippen LogP contribution in [-0.4, -0.2) is 36.2 Å². The number of oxime groups is 1. The van der Waals surface area contributed by atoms with E-state index in [2.05, 4.69) is 19.0 Å². The third-order valence-corrected chi connectivity index (χ3v) is 2.72. The van der Waals surface area contributed by atoms with E-state index in [9.17, 15) is 4.79 Å². The second-order valence-electron chi connectivity index (χ2n) is 4.00. The van der Waals surface area contributed by atoms with Crippen molar-refractivity contribution in [2.24, 2.45) is 17.0 Å². The van der Waals surface area contributed by atoms with Gasteiger partial charge in [0.15, 0.2) is 0 Å². The molecule has 0 saturated carbocycles. The Kier molecular flexibility index (Phi) is 1.98. The highest BCUT2D eigenvalue weighted by molar-refractivity contribution is 5.96. The zero-order valence-corrected chi connectivity index (χ0v) is 7.93. The third kappa shape index (κ3) is 1.20. The summed E-state index contributed by atoms with van der Waals surface area (Å²) in [6, 6.07) is 0.157. The van der Waals surface area contributed by atoms with Gasteiger partial charge in [0.25, 0.3) is 0 Å². The molecule has 2 aliphatic heterocycles. The second-order valence-corrected chi connectivity index (χ2v) is 4.00. The van der Waals surface area contributed by atoms with Gasteiger partial charge in [-0.1, -0.05) is 19.0 Å². The molecule has 4 heteroatoms. The van der Waals surface area contributed by atoms with Crippen LogP contribution in [0.3, 0.4) is 0 Å². The smallest absolute Gasteiger partial charge is 0.210 e. The van der Waals surface area contributed by atoms with E-state index in [1.165, 1.54) is 0 Å². The number of nitrogens with zero attached hydrogens (tertiary/aromatic N) is 2. The fourth-order valence-electron chi connectivity index (χ4n) is 2.17. The second kappa shape index (κ2) is 3.01. The fraction of sp³-hybridized carbons (Fsp3) is 0.778. The molecule has 1 amide bonds. The maximum absolute atomic E-state index is 10.8. The first-order chi connectivity index (χ1) is 6.24. The predicted octanol–water partition coefficient (Wildman–Crippen LogP) is 0.485. The van der Waals surface area contributed by atoms with Gasteiger partial charge in [-0.15, -0.1) is 0 Å². The number of hydrogen-bond acceptors (Lipinski definition) is 3. The first-order valence-electron chi connectivity index (χ1n) is 4.65. The van der Waals surface area contributed by atoms with Gasteiger partial charge in [0.05, 0.1) is 17.7 Å². The van der Waals surface area contributed by atoms with Crippen molar-refractivity contribution in [3.63, 3.8) is 0 Å². The van der Waals surface area contributed by atoms with Gasteiger partial charge in [0.2, 0.25) is 6.41 Å². The first-order valence-corrected chi connectivity index (χ1v) is 4.65. The number of carbonyl (C=O) groups excluding carboxylic acids is 1. The normalized spacial score (nSPS) is 31.6. The monoisotopic (exact) mass is 182 g/mol. The van der Waals surface area contributed by atoms with Crippen molar-refractivity contribution in [2.75, 3.05) is 13.2 Å². The Bertz CT molecular complexity index is 250. The molecule has 72 valence electrons. The summed E-state index contributed by atoms with van der Waals surface area (Å²) in [7, 11) is 0. The van der Waals surface area contributed by atoms with Crippen LogP contribution in [0.4, 0.5) is 0 Å². The van der Waals surface area contributed by atoms with Crippen LogP contribution >= 0.6 is 0 Å². The lowest BCUT2D eigenvalue weighted by Gasteiger charge is -2.22. The first kappa shape index (κ1) is 8.53. The quantitative estimate of drug-likeness (QED) is 0.583. The summed E-state index contributed by atoms with van der Waals surface area (Å²) in [5.74, 6) is 0.758. The van der Waals surface area contributed by atoms with Crippen molar-refractivity contribution in [1.29, 1.82) is 0 Å². The number of amides is 1.